The second-order valence-electron chi connectivity index (χ2n) is 28.9. The summed E-state index contributed by atoms with van der Waals surface area (Å²) in [6.07, 6.45) is 10.9. The van der Waals surface area contributed by atoms with Crippen molar-refractivity contribution in [2.75, 3.05) is 0 Å². The summed E-state index contributed by atoms with van der Waals surface area (Å²) in [4.78, 5) is 77.0. The lowest BCUT2D eigenvalue weighted by Gasteiger charge is -2.44. The third kappa shape index (κ3) is 10.7. The maximum Gasteiger partial charge on any atom is 0.162 e. The molecule has 4 heterocycles. The van der Waals surface area contributed by atoms with Crippen molar-refractivity contribution in [1.82, 2.24) is 19.9 Å². The van der Waals surface area contributed by atoms with Crippen LogP contribution in [0.25, 0.3) is 0 Å². The normalized spacial score (nSPS) is 29.4. The van der Waals surface area contributed by atoms with Gasteiger partial charge in [0, 0.05) is 91.2 Å². The van der Waals surface area contributed by atoms with E-state index in [0.29, 0.717) is 46.8 Å². The first-order chi connectivity index (χ1) is 46.4. The number of rotatable bonds is 8. The van der Waals surface area contributed by atoms with E-state index in [1.807, 2.05) is 46.3 Å². The van der Waals surface area contributed by atoms with E-state index in [-0.39, 0.29) is 45.3 Å². The number of carbonyl (C=O) groups excluding carboxylic acids is 4. The van der Waals surface area contributed by atoms with Gasteiger partial charge < -0.3 is 0 Å². The number of ketones is 4. The average molecular weight is 1350 g/mol. The number of hydrogen-bond donors (Lipinski definition) is 0. The molecule has 8 nitrogen and oxygen atoms in total. The van der Waals surface area contributed by atoms with Crippen LogP contribution < -0.4 is 0 Å². The average Bonchev–Trinajstić information content (AvgIpc) is 1.20. The Morgan fingerprint density at radius 1 is 0.302 bits per heavy atom. The van der Waals surface area contributed by atoms with E-state index < -0.39 is 0 Å². The van der Waals surface area contributed by atoms with Crippen molar-refractivity contribution >= 4 is 68.5 Å². The fourth-order valence-corrected chi connectivity index (χ4v) is 23.5. The van der Waals surface area contributed by atoms with E-state index in [9.17, 15) is 19.2 Å². The summed E-state index contributed by atoms with van der Waals surface area (Å²) in [7, 11) is 0. The lowest BCUT2D eigenvalue weighted by Crippen LogP contribution is -2.42. The zero-order chi connectivity index (χ0) is 67.6. The number of allylic oxidation sites excluding steroid dienone is 8. The highest BCUT2D eigenvalue weighted by atomic mass is 32.1. The molecule has 0 spiro atoms. The summed E-state index contributed by atoms with van der Waals surface area (Å²) < 4.78 is 0. The van der Waals surface area contributed by atoms with E-state index in [1.54, 1.807) is 45.3 Å². The minimum absolute atomic E-state index is 0.114. The van der Waals surface area contributed by atoms with E-state index in [2.05, 4.69) is 200 Å². The van der Waals surface area contributed by atoms with E-state index >= 15 is 0 Å². The molecule has 0 N–H and O–H groups in total. The van der Waals surface area contributed by atoms with Gasteiger partial charge in [-0.3, -0.25) is 19.2 Å². The Hall–Kier alpha value is -6.96. The third-order valence-electron chi connectivity index (χ3n) is 23.7. The molecule has 0 saturated heterocycles. The van der Waals surface area contributed by atoms with Gasteiger partial charge in [0.1, 0.15) is 0 Å². The van der Waals surface area contributed by atoms with E-state index in [1.165, 1.54) is 86.8 Å². The predicted octanol–water partition coefficient (Wildman–Crippen LogP) is 19.7. The number of nitrogens with zero attached hydrogens (tertiary/aromatic N) is 4. The lowest BCUT2D eigenvalue weighted by molar-refractivity contribution is -0.121. The molecular formula is C84H92N4O4S4. The summed E-state index contributed by atoms with van der Waals surface area (Å²) >= 11 is 6.86. The molecule has 96 heavy (non-hydrogen) atoms. The Balaban J connectivity index is 0.000000116. The zero-order valence-electron chi connectivity index (χ0n) is 58.0. The molecule has 5 unspecified atom stereocenters. The Labute approximate surface area is 585 Å². The maximum absolute atomic E-state index is 13.3. The number of benzene rings is 4. The monoisotopic (exact) mass is 1350 g/mol. The molecule has 4 aromatic carbocycles. The second kappa shape index (κ2) is 27.0. The van der Waals surface area contributed by atoms with Gasteiger partial charge in [-0.15, -0.1) is 45.3 Å². The SMILES string of the molecule is CCC1(c2ccccc2)C2=C(Cc3ncsc31)C(C)CC(C)C2=O.CC[C@@]1(c2ccccc2)C2=C(Cc3ncsc31)C(C)CC(C)C2=O.CC[C@@]1(c2ccccc2)C2=C(Cc3ncsc31)[C@@H](C)C[C@H](C)C2=O.CC[C@@]1(c2ccccc2)C2=C(Cc3ncsc31)[C@H](C)C[C@@H](C)C2=O. The van der Waals surface area contributed by atoms with Crippen LogP contribution >= 0.6 is 45.3 Å². The molecule has 8 aliphatic rings. The van der Waals surface area contributed by atoms with Crippen LogP contribution in [-0.2, 0) is 66.5 Å². The van der Waals surface area contributed by atoms with Crippen molar-refractivity contribution in [1.29, 1.82) is 0 Å². The Morgan fingerprint density at radius 2 is 0.490 bits per heavy atom. The molecule has 0 bridgehead atoms. The molecule has 8 aliphatic carbocycles. The Kier molecular flexibility index (Phi) is 19.0. The lowest BCUT2D eigenvalue weighted by atomic mass is 9.59. The highest BCUT2D eigenvalue weighted by Gasteiger charge is 2.55. The van der Waals surface area contributed by atoms with Gasteiger partial charge in [-0.25, -0.2) is 19.9 Å². The standard InChI is InChI=1S/4C21H23NOS/c4*1-4-21(15-8-6-5-7-9-15)18-16(11-17-20(21)24-12-22-17)13(2)10-14(3)19(18)23/h4*5-9,12-14H,4,10-11H2,1-3H3/t13?,14?,21-;13-,14-,21+;13-,14-,21-;/m101./s1. The highest BCUT2D eigenvalue weighted by molar-refractivity contribution is 7.11. The van der Waals surface area contributed by atoms with E-state index in [0.717, 1.165) is 99.3 Å². The summed E-state index contributed by atoms with van der Waals surface area (Å²) in [5.41, 5.74) is 25.9. The molecule has 0 fully saturated rings. The Bertz CT molecular complexity index is 3840. The Morgan fingerprint density at radius 3 is 0.667 bits per heavy atom. The molecular weight excluding hydrogens is 1260 g/mol. The first-order valence-corrected chi connectivity index (χ1v) is 38.9. The third-order valence-corrected chi connectivity index (χ3v) is 27.8. The fourth-order valence-electron chi connectivity index (χ4n) is 19.0. The quantitative estimate of drug-likeness (QED) is 0.148. The number of fused-ring (bicyclic) bond motifs is 4. The van der Waals surface area contributed by atoms with Gasteiger partial charge in [0.15, 0.2) is 23.1 Å². The van der Waals surface area contributed by atoms with Crippen molar-refractivity contribution < 1.29 is 19.2 Å². The molecule has 496 valence electrons. The first-order valence-electron chi connectivity index (χ1n) is 35.4. The fraction of sp³-hybridized carbons (Fsp3) is 0.429. The van der Waals surface area contributed by atoms with Gasteiger partial charge in [0.2, 0.25) is 0 Å². The van der Waals surface area contributed by atoms with Crippen molar-refractivity contribution in [3.63, 3.8) is 0 Å². The van der Waals surface area contributed by atoms with Gasteiger partial charge in [-0.1, -0.05) is 227 Å². The maximum atomic E-state index is 13.3. The number of carbonyl (C=O) groups is 4. The smallest absolute Gasteiger partial charge is 0.162 e. The topological polar surface area (TPSA) is 120 Å². The molecule has 0 radical (unpaired) electrons. The minimum atomic E-state index is -0.314. The molecule has 0 amide bonds. The molecule has 0 saturated carbocycles. The van der Waals surface area contributed by atoms with Crippen LogP contribution in [0.15, 0.2) is 188 Å². The van der Waals surface area contributed by atoms with Crippen molar-refractivity contribution in [2.24, 2.45) is 47.3 Å². The molecule has 12 atom stereocenters. The van der Waals surface area contributed by atoms with Crippen molar-refractivity contribution in [3.05, 3.63) is 252 Å². The van der Waals surface area contributed by atoms with Gasteiger partial charge in [-0.2, -0.15) is 0 Å². The van der Waals surface area contributed by atoms with Gasteiger partial charge in [0.25, 0.3) is 0 Å². The van der Waals surface area contributed by atoms with Gasteiger partial charge >= 0.3 is 0 Å². The van der Waals surface area contributed by atoms with Crippen molar-refractivity contribution in [3.8, 4) is 0 Å². The minimum Gasteiger partial charge on any atom is -0.294 e. The van der Waals surface area contributed by atoms with Crippen LogP contribution in [0.1, 0.15) is 199 Å². The molecule has 8 aromatic rings. The largest absolute Gasteiger partial charge is 0.294 e. The summed E-state index contributed by atoms with van der Waals surface area (Å²) in [5, 5.41) is 0. The number of hydrogen-bond acceptors (Lipinski definition) is 12. The molecule has 16 rings (SSSR count). The van der Waals surface area contributed by atoms with Crippen LogP contribution in [0.5, 0.6) is 0 Å². The van der Waals surface area contributed by atoms with Gasteiger partial charge in [0.05, 0.1) is 66.5 Å². The zero-order valence-corrected chi connectivity index (χ0v) is 61.3. The number of thiazole rings is 4. The first kappa shape index (κ1) is 67.6. The summed E-state index contributed by atoms with van der Waals surface area (Å²) in [6.45, 7) is 26.3. The van der Waals surface area contributed by atoms with Crippen LogP contribution in [0, 0.1) is 47.3 Å². The van der Waals surface area contributed by atoms with Crippen LogP contribution in [0.3, 0.4) is 0 Å². The number of aromatic nitrogens is 4. The van der Waals surface area contributed by atoms with Gasteiger partial charge in [-0.05, 0) is 97.3 Å². The summed E-state index contributed by atoms with van der Waals surface area (Å²) in [6, 6.07) is 42.3. The van der Waals surface area contributed by atoms with Crippen molar-refractivity contribution in [2.45, 2.75) is 182 Å². The van der Waals surface area contributed by atoms with Crippen LogP contribution in [0.4, 0.5) is 0 Å². The molecule has 0 aliphatic heterocycles. The predicted molar refractivity (Wildman–Crippen MR) is 393 cm³/mol. The van der Waals surface area contributed by atoms with Crippen LogP contribution in [0.2, 0.25) is 0 Å². The summed E-state index contributed by atoms with van der Waals surface area (Å²) in [5.74, 6) is 3.70. The highest BCUT2D eigenvalue weighted by Crippen LogP contribution is 2.59. The second-order valence-corrected chi connectivity index (χ2v) is 32.3. The van der Waals surface area contributed by atoms with E-state index in [4.69, 9.17) is 0 Å². The van der Waals surface area contributed by atoms with Crippen LogP contribution in [-0.4, -0.2) is 43.1 Å². The molecule has 12 heteroatoms. The molecule has 4 aromatic heterocycles. The number of Topliss-reactive ketones (excluding diaryl/α,β-unsaturated/α-hetero) is 4.